The summed E-state index contributed by atoms with van der Waals surface area (Å²) < 4.78 is 16.5. The number of nitrogens with zero attached hydrogens (tertiary/aromatic N) is 1. The third-order valence-corrected chi connectivity index (χ3v) is 5.20. The van der Waals surface area contributed by atoms with Crippen molar-refractivity contribution in [3.8, 4) is 11.5 Å². The molecule has 0 fully saturated rings. The summed E-state index contributed by atoms with van der Waals surface area (Å²) in [5, 5.41) is 10.7. The van der Waals surface area contributed by atoms with Crippen LogP contribution in [0.1, 0.15) is 27.9 Å². The first-order valence-electron chi connectivity index (χ1n) is 10.2. The van der Waals surface area contributed by atoms with E-state index in [0.29, 0.717) is 22.8 Å². The zero-order chi connectivity index (χ0) is 22.7. The molecule has 0 saturated carbocycles. The standard InChI is InChI=1S/C25H23NO6/c1-16-11-12-20(31-16)23(27)21-22(26(13-14-30-2)25(29)24(21)28)17-7-6-10-19(15-17)32-18-8-4-3-5-9-18/h3-12,15,22,28H,13-14H2,1-2H3/t22-/m1/s1. The van der Waals surface area contributed by atoms with Crippen molar-refractivity contribution in [3.05, 3.63) is 95.1 Å². The van der Waals surface area contributed by atoms with Crippen molar-refractivity contribution in [2.45, 2.75) is 13.0 Å². The number of furan rings is 1. The lowest BCUT2D eigenvalue weighted by atomic mass is 9.95. The van der Waals surface area contributed by atoms with Crippen LogP contribution >= 0.6 is 0 Å². The van der Waals surface area contributed by atoms with Gasteiger partial charge < -0.3 is 23.9 Å². The van der Waals surface area contributed by atoms with Crippen LogP contribution in [0.5, 0.6) is 11.5 Å². The lowest BCUT2D eigenvalue weighted by Crippen LogP contribution is -2.34. The Balaban J connectivity index is 1.74. The second kappa shape index (κ2) is 9.11. The minimum atomic E-state index is -0.810. The van der Waals surface area contributed by atoms with Crippen LogP contribution in [0.25, 0.3) is 0 Å². The first-order chi connectivity index (χ1) is 15.5. The lowest BCUT2D eigenvalue weighted by molar-refractivity contribution is -0.130. The molecule has 7 nitrogen and oxygen atoms in total. The number of para-hydroxylation sites is 1. The molecule has 1 aromatic heterocycles. The van der Waals surface area contributed by atoms with Crippen LogP contribution in [0.2, 0.25) is 0 Å². The third-order valence-electron chi connectivity index (χ3n) is 5.20. The van der Waals surface area contributed by atoms with E-state index in [-0.39, 0.29) is 24.5 Å². The molecule has 0 radical (unpaired) electrons. The smallest absolute Gasteiger partial charge is 0.290 e. The first-order valence-corrected chi connectivity index (χ1v) is 10.2. The van der Waals surface area contributed by atoms with Gasteiger partial charge in [0, 0.05) is 13.7 Å². The van der Waals surface area contributed by atoms with E-state index in [1.54, 1.807) is 37.3 Å². The molecular weight excluding hydrogens is 410 g/mol. The molecule has 1 aliphatic heterocycles. The third kappa shape index (κ3) is 4.15. The first kappa shape index (κ1) is 21.4. The van der Waals surface area contributed by atoms with Crippen molar-refractivity contribution in [1.29, 1.82) is 0 Å². The minimum Gasteiger partial charge on any atom is -0.503 e. The van der Waals surface area contributed by atoms with Crippen molar-refractivity contribution < 1.29 is 28.6 Å². The molecule has 0 unspecified atom stereocenters. The zero-order valence-corrected chi connectivity index (χ0v) is 17.8. The summed E-state index contributed by atoms with van der Waals surface area (Å²) in [5.41, 5.74) is 0.593. The number of hydrogen-bond acceptors (Lipinski definition) is 6. The van der Waals surface area contributed by atoms with Gasteiger partial charge in [-0.15, -0.1) is 0 Å². The highest BCUT2D eigenvalue weighted by Crippen LogP contribution is 2.40. The van der Waals surface area contributed by atoms with Gasteiger partial charge in [-0.3, -0.25) is 9.59 Å². The van der Waals surface area contributed by atoms with Crippen LogP contribution in [-0.4, -0.2) is 42.0 Å². The van der Waals surface area contributed by atoms with E-state index in [2.05, 4.69) is 0 Å². The molecule has 1 N–H and O–H groups in total. The van der Waals surface area contributed by atoms with E-state index >= 15 is 0 Å². The lowest BCUT2D eigenvalue weighted by Gasteiger charge is -2.26. The van der Waals surface area contributed by atoms with Crippen molar-refractivity contribution in [2.24, 2.45) is 0 Å². The van der Waals surface area contributed by atoms with E-state index in [1.165, 1.54) is 18.1 Å². The summed E-state index contributed by atoms with van der Waals surface area (Å²) in [5.74, 6) is 0.0656. The number of rotatable bonds is 8. The second-order valence-corrected chi connectivity index (χ2v) is 7.38. The molecule has 7 heteroatoms. The maximum absolute atomic E-state index is 13.2. The van der Waals surface area contributed by atoms with Gasteiger partial charge in [0.05, 0.1) is 18.2 Å². The average molecular weight is 433 g/mol. The number of methoxy groups -OCH3 is 1. The Bertz CT molecular complexity index is 1160. The Kier molecular flexibility index (Phi) is 6.09. The summed E-state index contributed by atoms with van der Waals surface area (Å²) in [4.78, 5) is 27.5. The van der Waals surface area contributed by atoms with Crippen LogP contribution in [0.4, 0.5) is 0 Å². The number of hydrogen-bond donors (Lipinski definition) is 1. The summed E-state index contributed by atoms with van der Waals surface area (Å²) in [6.45, 7) is 2.16. The fraction of sp³-hybridized carbons (Fsp3) is 0.200. The van der Waals surface area contributed by atoms with Crippen LogP contribution in [-0.2, 0) is 9.53 Å². The van der Waals surface area contributed by atoms with Gasteiger partial charge in [0.1, 0.15) is 17.3 Å². The predicted octanol–water partition coefficient (Wildman–Crippen LogP) is 4.61. The van der Waals surface area contributed by atoms with Gasteiger partial charge in [-0.25, -0.2) is 0 Å². The van der Waals surface area contributed by atoms with E-state index in [9.17, 15) is 14.7 Å². The Morgan fingerprint density at radius 1 is 1.06 bits per heavy atom. The second-order valence-electron chi connectivity index (χ2n) is 7.38. The van der Waals surface area contributed by atoms with Crippen molar-refractivity contribution in [2.75, 3.05) is 20.3 Å². The number of ether oxygens (including phenoxy) is 2. The Morgan fingerprint density at radius 2 is 1.81 bits per heavy atom. The quantitative estimate of drug-likeness (QED) is 0.522. The number of carbonyl (C=O) groups is 2. The van der Waals surface area contributed by atoms with Gasteiger partial charge in [0.2, 0.25) is 5.78 Å². The highest BCUT2D eigenvalue weighted by atomic mass is 16.5. The SMILES string of the molecule is COCCN1C(=O)C(O)=C(C(=O)c2ccc(C)o2)[C@H]1c1cccc(Oc2ccccc2)c1. The normalized spacial score (nSPS) is 16.0. The zero-order valence-electron chi connectivity index (χ0n) is 17.8. The summed E-state index contributed by atoms with van der Waals surface area (Å²) in [7, 11) is 1.52. The topological polar surface area (TPSA) is 89.2 Å². The molecule has 32 heavy (non-hydrogen) atoms. The number of carbonyl (C=O) groups excluding carboxylic acids is 2. The van der Waals surface area contributed by atoms with Crippen LogP contribution < -0.4 is 4.74 Å². The maximum atomic E-state index is 13.2. The Hall–Kier alpha value is -3.84. The molecule has 2 aromatic carbocycles. The fourth-order valence-corrected chi connectivity index (χ4v) is 3.71. The number of ketones is 1. The number of aryl methyl sites for hydroxylation is 1. The van der Waals surface area contributed by atoms with Crippen molar-refractivity contribution >= 4 is 11.7 Å². The van der Waals surface area contributed by atoms with E-state index < -0.39 is 23.5 Å². The molecule has 2 heterocycles. The molecule has 3 aromatic rings. The van der Waals surface area contributed by atoms with E-state index in [4.69, 9.17) is 13.9 Å². The molecule has 164 valence electrons. The molecule has 0 bridgehead atoms. The Morgan fingerprint density at radius 3 is 2.50 bits per heavy atom. The van der Waals surface area contributed by atoms with Crippen LogP contribution in [0.3, 0.4) is 0 Å². The fourth-order valence-electron chi connectivity index (χ4n) is 3.71. The van der Waals surface area contributed by atoms with Crippen molar-refractivity contribution in [1.82, 2.24) is 4.90 Å². The van der Waals surface area contributed by atoms with Crippen molar-refractivity contribution in [3.63, 3.8) is 0 Å². The van der Waals surface area contributed by atoms with Crippen LogP contribution in [0, 0.1) is 6.92 Å². The van der Waals surface area contributed by atoms with Crippen LogP contribution in [0.15, 0.2) is 82.5 Å². The number of aliphatic hydroxyl groups excluding tert-OH is 1. The minimum absolute atomic E-state index is 0.0303. The molecule has 1 aliphatic rings. The highest BCUT2D eigenvalue weighted by molar-refractivity contribution is 6.15. The molecule has 4 rings (SSSR count). The van der Waals surface area contributed by atoms with Gasteiger partial charge >= 0.3 is 0 Å². The monoisotopic (exact) mass is 433 g/mol. The summed E-state index contributed by atoms with van der Waals surface area (Å²) in [6, 6.07) is 18.8. The molecule has 1 atom stereocenters. The van der Waals surface area contributed by atoms with Gasteiger partial charge in [-0.05, 0) is 48.9 Å². The van der Waals surface area contributed by atoms with Gasteiger partial charge in [-0.1, -0.05) is 30.3 Å². The Labute approximate surface area is 185 Å². The largest absolute Gasteiger partial charge is 0.503 e. The molecule has 0 aliphatic carbocycles. The van der Waals surface area contributed by atoms with Gasteiger partial charge in [0.25, 0.3) is 5.91 Å². The number of Topliss-reactive ketones (excluding diaryl/α,β-unsaturated/α-hetero) is 1. The molecular formula is C25H23NO6. The number of aliphatic hydroxyl groups is 1. The maximum Gasteiger partial charge on any atom is 0.290 e. The summed E-state index contributed by atoms with van der Waals surface area (Å²) >= 11 is 0. The van der Waals surface area contributed by atoms with E-state index in [0.717, 1.165) is 0 Å². The number of benzene rings is 2. The van der Waals surface area contributed by atoms with Gasteiger partial charge in [-0.2, -0.15) is 0 Å². The number of amides is 1. The molecule has 0 spiro atoms. The summed E-state index contributed by atoms with van der Waals surface area (Å²) in [6.07, 6.45) is 0. The van der Waals surface area contributed by atoms with Gasteiger partial charge in [0.15, 0.2) is 11.5 Å². The average Bonchev–Trinajstić information content (AvgIpc) is 3.34. The highest BCUT2D eigenvalue weighted by Gasteiger charge is 2.44. The van der Waals surface area contributed by atoms with E-state index in [1.807, 2.05) is 30.3 Å². The molecule has 1 amide bonds. The predicted molar refractivity (Wildman–Crippen MR) is 117 cm³/mol. The molecule has 0 saturated heterocycles.